The lowest BCUT2D eigenvalue weighted by molar-refractivity contribution is -0.130. The summed E-state index contributed by atoms with van der Waals surface area (Å²) in [4.78, 5) is 12.8. The number of carbonyl (C=O) groups excluding carboxylic acids is 1. The van der Waals surface area contributed by atoms with Crippen LogP contribution in [0.1, 0.15) is 23.4 Å². The number of piperidine rings is 1. The second-order valence-corrected chi connectivity index (χ2v) is 7.72. The molecule has 2 aromatic rings. The Hall–Kier alpha value is -1.54. The molecule has 3 rings (SSSR count). The molecule has 0 atom stereocenters. The second-order valence-electron chi connectivity index (χ2n) is 6.23. The SMILES string of the molecule is COCC1(C(=O)Nc2nnc(Cc3cccc(Cl)c3)s2)CCNCC1. The first-order valence-electron chi connectivity index (χ1n) is 8.19. The first kappa shape index (κ1) is 18.3. The zero-order valence-corrected chi connectivity index (χ0v) is 15.6. The fraction of sp³-hybridized carbons (Fsp3) is 0.471. The van der Waals surface area contributed by atoms with Crippen LogP contribution in [0.4, 0.5) is 5.13 Å². The van der Waals surface area contributed by atoms with E-state index in [-0.39, 0.29) is 5.91 Å². The van der Waals surface area contributed by atoms with Gasteiger partial charge in [-0.3, -0.25) is 10.1 Å². The Bertz CT molecular complexity index is 725. The molecule has 0 spiro atoms. The Morgan fingerprint density at radius 1 is 1.40 bits per heavy atom. The number of amides is 1. The van der Waals surface area contributed by atoms with Crippen molar-refractivity contribution in [2.45, 2.75) is 19.3 Å². The van der Waals surface area contributed by atoms with Crippen molar-refractivity contribution < 1.29 is 9.53 Å². The molecule has 1 saturated heterocycles. The van der Waals surface area contributed by atoms with E-state index < -0.39 is 5.41 Å². The molecule has 1 aromatic carbocycles. The molecular weight excluding hydrogens is 360 g/mol. The van der Waals surface area contributed by atoms with Gasteiger partial charge in [-0.1, -0.05) is 35.1 Å². The second kappa shape index (κ2) is 8.23. The minimum Gasteiger partial charge on any atom is -0.384 e. The van der Waals surface area contributed by atoms with Crippen LogP contribution in [0.15, 0.2) is 24.3 Å². The first-order valence-corrected chi connectivity index (χ1v) is 9.39. The van der Waals surface area contributed by atoms with E-state index in [1.165, 1.54) is 11.3 Å². The van der Waals surface area contributed by atoms with Gasteiger partial charge in [0.2, 0.25) is 11.0 Å². The van der Waals surface area contributed by atoms with E-state index >= 15 is 0 Å². The highest BCUT2D eigenvalue weighted by Crippen LogP contribution is 2.31. The largest absolute Gasteiger partial charge is 0.384 e. The molecule has 6 nitrogen and oxygen atoms in total. The number of rotatable bonds is 6. The predicted molar refractivity (Wildman–Crippen MR) is 99.2 cm³/mol. The molecule has 0 saturated carbocycles. The molecule has 0 radical (unpaired) electrons. The minimum atomic E-state index is -0.501. The monoisotopic (exact) mass is 380 g/mol. The van der Waals surface area contributed by atoms with Crippen molar-refractivity contribution >= 4 is 34.0 Å². The summed E-state index contributed by atoms with van der Waals surface area (Å²) in [5.41, 5.74) is 0.564. The third-order valence-electron chi connectivity index (χ3n) is 4.39. The van der Waals surface area contributed by atoms with Gasteiger partial charge in [0.25, 0.3) is 0 Å². The van der Waals surface area contributed by atoms with Crippen LogP contribution in [0, 0.1) is 5.41 Å². The van der Waals surface area contributed by atoms with E-state index in [9.17, 15) is 4.79 Å². The molecule has 2 N–H and O–H groups in total. The van der Waals surface area contributed by atoms with Gasteiger partial charge in [-0.05, 0) is 43.6 Å². The molecule has 1 aliphatic heterocycles. The zero-order valence-electron chi connectivity index (χ0n) is 14.0. The molecular formula is C17H21ClN4O2S. The summed E-state index contributed by atoms with van der Waals surface area (Å²) in [5, 5.41) is 16.5. The quantitative estimate of drug-likeness (QED) is 0.805. The number of nitrogens with one attached hydrogen (secondary N) is 2. The van der Waals surface area contributed by atoms with Crippen LogP contribution in [0.2, 0.25) is 5.02 Å². The fourth-order valence-electron chi connectivity index (χ4n) is 3.05. The maximum absolute atomic E-state index is 12.8. The van der Waals surface area contributed by atoms with E-state index in [0.717, 1.165) is 36.5 Å². The van der Waals surface area contributed by atoms with Gasteiger partial charge in [0, 0.05) is 18.6 Å². The highest BCUT2D eigenvalue weighted by Gasteiger charge is 2.40. The number of anilines is 1. The van der Waals surface area contributed by atoms with E-state index in [2.05, 4.69) is 20.8 Å². The maximum atomic E-state index is 12.8. The zero-order chi connectivity index (χ0) is 17.7. The lowest BCUT2D eigenvalue weighted by atomic mass is 9.79. The van der Waals surface area contributed by atoms with Gasteiger partial charge in [0.15, 0.2) is 0 Å². The summed E-state index contributed by atoms with van der Waals surface area (Å²) in [6.45, 7) is 2.04. The number of carbonyl (C=O) groups is 1. The maximum Gasteiger partial charge on any atom is 0.234 e. The summed E-state index contributed by atoms with van der Waals surface area (Å²) in [6.07, 6.45) is 2.14. The molecule has 134 valence electrons. The number of ether oxygens (including phenoxy) is 1. The topological polar surface area (TPSA) is 76.1 Å². The number of halogens is 1. The average Bonchev–Trinajstić information content (AvgIpc) is 3.03. The Morgan fingerprint density at radius 3 is 2.92 bits per heavy atom. The van der Waals surface area contributed by atoms with E-state index in [0.29, 0.717) is 23.2 Å². The van der Waals surface area contributed by atoms with Gasteiger partial charge in [-0.2, -0.15) is 0 Å². The lowest BCUT2D eigenvalue weighted by Gasteiger charge is -2.35. The van der Waals surface area contributed by atoms with Gasteiger partial charge >= 0.3 is 0 Å². The average molecular weight is 381 g/mol. The third-order valence-corrected chi connectivity index (χ3v) is 5.47. The number of nitrogens with zero attached hydrogens (tertiary/aromatic N) is 2. The minimum absolute atomic E-state index is 0.0405. The van der Waals surface area contributed by atoms with Gasteiger partial charge in [-0.25, -0.2) is 0 Å². The Kier molecular flexibility index (Phi) is 6.01. The van der Waals surface area contributed by atoms with Crippen molar-refractivity contribution in [3.63, 3.8) is 0 Å². The number of benzene rings is 1. The van der Waals surface area contributed by atoms with Gasteiger partial charge in [-0.15, -0.1) is 10.2 Å². The van der Waals surface area contributed by atoms with Crippen LogP contribution in [0.25, 0.3) is 0 Å². The van der Waals surface area contributed by atoms with Crippen molar-refractivity contribution in [3.8, 4) is 0 Å². The summed E-state index contributed by atoms with van der Waals surface area (Å²) >= 11 is 7.40. The smallest absolute Gasteiger partial charge is 0.234 e. The van der Waals surface area contributed by atoms with Crippen LogP contribution in [0.3, 0.4) is 0 Å². The molecule has 1 aromatic heterocycles. The standard InChI is InChI=1S/C17H21ClN4O2S/c1-24-11-17(5-7-19-8-6-17)15(23)20-16-22-21-14(25-16)10-12-3-2-4-13(18)9-12/h2-4,9,19H,5-8,10-11H2,1H3,(H,20,22,23). The van der Waals surface area contributed by atoms with E-state index in [1.807, 2.05) is 24.3 Å². The predicted octanol–water partition coefficient (Wildman–Crippen LogP) is 2.74. The summed E-state index contributed by atoms with van der Waals surface area (Å²) in [6, 6.07) is 7.65. The van der Waals surface area contributed by atoms with Crippen molar-refractivity contribution in [2.75, 3.05) is 32.1 Å². The van der Waals surface area contributed by atoms with Crippen LogP contribution >= 0.6 is 22.9 Å². The third kappa shape index (κ3) is 4.55. The Labute approximate surface area is 155 Å². The molecule has 8 heteroatoms. The highest BCUT2D eigenvalue weighted by molar-refractivity contribution is 7.15. The van der Waals surface area contributed by atoms with Crippen molar-refractivity contribution in [1.82, 2.24) is 15.5 Å². The number of hydrogen-bond acceptors (Lipinski definition) is 6. The normalized spacial score (nSPS) is 16.6. The molecule has 0 unspecified atom stereocenters. The van der Waals surface area contributed by atoms with E-state index in [4.69, 9.17) is 16.3 Å². The fourth-order valence-corrected chi connectivity index (χ4v) is 4.03. The first-order chi connectivity index (χ1) is 12.1. The van der Waals surface area contributed by atoms with Crippen LogP contribution in [-0.4, -0.2) is 42.9 Å². The number of methoxy groups -OCH3 is 1. The lowest BCUT2D eigenvalue weighted by Crippen LogP contribution is -2.47. The van der Waals surface area contributed by atoms with Crippen LogP contribution in [-0.2, 0) is 16.0 Å². The van der Waals surface area contributed by atoms with Crippen molar-refractivity contribution in [2.24, 2.45) is 5.41 Å². The number of hydrogen-bond donors (Lipinski definition) is 2. The summed E-state index contributed by atoms with van der Waals surface area (Å²) in [5.74, 6) is -0.0405. The molecule has 1 amide bonds. The van der Waals surface area contributed by atoms with Crippen LogP contribution < -0.4 is 10.6 Å². The van der Waals surface area contributed by atoms with Crippen molar-refractivity contribution in [3.05, 3.63) is 39.9 Å². The Balaban J connectivity index is 1.66. The van der Waals surface area contributed by atoms with Gasteiger partial charge < -0.3 is 10.1 Å². The van der Waals surface area contributed by atoms with Gasteiger partial charge in [0.05, 0.1) is 12.0 Å². The summed E-state index contributed by atoms with van der Waals surface area (Å²) < 4.78 is 5.31. The molecule has 1 aliphatic rings. The molecule has 2 heterocycles. The van der Waals surface area contributed by atoms with Crippen molar-refractivity contribution in [1.29, 1.82) is 0 Å². The van der Waals surface area contributed by atoms with E-state index in [1.54, 1.807) is 7.11 Å². The molecule has 1 fully saturated rings. The number of aromatic nitrogens is 2. The Morgan fingerprint density at radius 2 is 2.20 bits per heavy atom. The molecule has 25 heavy (non-hydrogen) atoms. The molecule has 0 aliphatic carbocycles. The summed E-state index contributed by atoms with van der Waals surface area (Å²) in [7, 11) is 1.63. The molecule has 0 bridgehead atoms. The highest BCUT2D eigenvalue weighted by atomic mass is 35.5. The van der Waals surface area contributed by atoms with Crippen LogP contribution in [0.5, 0.6) is 0 Å². The van der Waals surface area contributed by atoms with Gasteiger partial charge in [0.1, 0.15) is 5.01 Å².